The van der Waals surface area contributed by atoms with Gasteiger partial charge in [0.2, 0.25) is 0 Å². The van der Waals surface area contributed by atoms with Crippen LogP contribution < -0.4 is 10.6 Å². The first-order valence-corrected chi connectivity index (χ1v) is 8.57. The van der Waals surface area contributed by atoms with Gasteiger partial charge < -0.3 is 15.5 Å². The summed E-state index contributed by atoms with van der Waals surface area (Å²) in [7, 11) is 7.92. The number of benzene rings is 1. The van der Waals surface area contributed by atoms with Gasteiger partial charge in [-0.05, 0) is 39.1 Å². The normalized spacial score (nSPS) is 11.9. The molecule has 0 aliphatic rings. The van der Waals surface area contributed by atoms with Crippen LogP contribution in [-0.4, -0.2) is 41.8 Å². The Kier molecular flexibility index (Phi) is 6.58. The molecule has 1 aromatic heterocycles. The molecule has 0 unspecified atom stereocenters. The second-order valence-electron chi connectivity index (χ2n) is 6.61. The van der Waals surface area contributed by atoms with E-state index in [1.165, 1.54) is 22.4 Å². The van der Waals surface area contributed by atoms with Crippen molar-refractivity contribution >= 4 is 5.96 Å². The van der Waals surface area contributed by atoms with E-state index in [4.69, 9.17) is 0 Å². The van der Waals surface area contributed by atoms with Crippen molar-refractivity contribution in [3.63, 3.8) is 0 Å². The van der Waals surface area contributed by atoms with Crippen molar-refractivity contribution in [1.29, 1.82) is 0 Å². The Morgan fingerprint density at radius 3 is 2.20 bits per heavy atom. The molecule has 0 atom stereocenters. The highest BCUT2D eigenvalue weighted by molar-refractivity contribution is 5.79. The van der Waals surface area contributed by atoms with E-state index in [2.05, 4.69) is 70.9 Å². The minimum absolute atomic E-state index is 0.715. The first-order valence-electron chi connectivity index (χ1n) is 8.57. The molecule has 2 rings (SSSR count). The third-order valence-corrected chi connectivity index (χ3v) is 4.30. The molecule has 6 nitrogen and oxygen atoms in total. The number of hydrogen-bond acceptors (Lipinski definition) is 3. The molecule has 0 amide bonds. The molecule has 1 heterocycles. The molecule has 136 valence electrons. The number of hydrogen-bond donors (Lipinski definition) is 2. The molecule has 1 aromatic carbocycles. The summed E-state index contributed by atoms with van der Waals surface area (Å²) in [5, 5.41) is 11.2. The van der Waals surface area contributed by atoms with Crippen LogP contribution in [0.25, 0.3) is 0 Å². The molecule has 0 spiro atoms. The zero-order valence-electron chi connectivity index (χ0n) is 16.2. The van der Waals surface area contributed by atoms with Crippen LogP contribution in [0.2, 0.25) is 0 Å². The molecule has 0 saturated heterocycles. The Bertz CT molecular complexity index is 712. The molecule has 2 aromatic rings. The van der Waals surface area contributed by atoms with Crippen LogP contribution in [0, 0.1) is 13.8 Å². The summed E-state index contributed by atoms with van der Waals surface area (Å²) in [6.07, 6.45) is 0. The van der Waals surface area contributed by atoms with E-state index in [9.17, 15) is 0 Å². The number of rotatable bonds is 6. The first kappa shape index (κ1) is 19.0. The van der Waals surface area contributed by atoms with Crippen molar-refractivity contribution in [3.8, 4) is 0 Å². The highest BCUT2D eigenvalue weighted by Crippen LogP contribution is 2.11. The van der Waals surface area contributed by atoms with E-state index in [1.807, 2.05) is 18.7 Å². The van der Waals surface area contributed by atoms with Crippen LogP contribution in [0.1, 0.15) is 28.1 Å². The van der Waals surface area contributed by atoms with Gasteiger partial charge in [-0.2, -0.15) is 5.10 Å². The van der Waals surface area contributed by atoms with Crippen molar-refractivity contribution in [2.24, 2.45) is 12.0 Å². The van der Waals surface area contributed by atoms with E-state index in [-0.39, 0.29) is 0 Å². The Balaban J connectivity index is 1.88. The second-order valence-corrected chi connectivity index (χ2v) is 6.61. The topological polar surface area (TPSA) is 57.5 Å². The highest BCUT2D eigenvalue weighted by Gasteiger charge is 2.09. The molecule has 0 aliphatic heterocycles. The third-order valence-electron chi connectivity index (χ3n) is 4.30. The van der Waals surface area contributed by atoms with Crippen LogP contribution in [0.15, 0.2) is 29.3 Å². The summed E-state index contributed by atoms with van der Waals surface area (Å²) >= 11 is 0. The quantitative estimate of drug-likeness (QED) is 0.622. The molecule has 6 heteroatoms. The van der Waals surface area contributed by atoms with Crippen molar-refractivity contribution in [2.45, 2.75) is 33.5 Å². The zero-order chi connectivity index (χ0) is 18.4. The fourth-order valence-corrected chi connectivity index (χ4v) is 2.78. The minimum atomic E-state index is 0.715. The van der Waals surface area contributed by atoms with Crippen LogP contribution in [0.4, 0.5) is 0 Å². The van der Waals surface area contributed by atoms with Crippen molar-refractivity contribution < 1.29 is 0 Å². The molecule has 2 N–H and O–H groups in total. The van der Waals surface area contributed by atoms with Gasteiger partial charge in [0.1, 0.15) is 0 Å². The SMILES string of the molecule is CN=C(NCc1ccc(CN(C)C)cc1)NCc1c(C)nn(C)c1C. The second kappa shape index (κ2) is 8.67. The maximum absolute atomic E-state index is 4.45. The van der Waals surface area contributed by atoms with E-state index in [0.29, 0.717) is 6.54 Å². The van der Waals surface area contributed by atoms with Gasteiger partial charge in [-0.25, -0.2) is 0 Å². The maximum Gasteiger partial charge on any atom is 0.191 e. The van der Waals surface area contributed by atoms with Crippen molar-refractivity contribution in [3.05, 3.63) is 52.3 Å². The van der Waals surface area contributed by atoms with Gasteiger partial charge in [0, 0.05) is 45.0 Å². The molecule has 0 aliphatic carbocycles. The summed E-state index contributed by atoms with van der Waals surface area (Å²) in [5.74, 6) is 0.792. The van der Waals surface area contributed by atoms with Crippen LogP contribution in [0.3, 0.4) is 0 Å². The van der Waals surface area contributed by atoms with Gasteiger partial charge in [0.05, 0.1) is 5.69 Å². The van der Waals surface area contributed by atoms with E-state index >= 15 is 0 Å². The van der Waals surface area contributed by atoms with Gasteiger partial charge in [-0.1, -0.05) is 24.3 Å². The van der Waals surface area contributed by atoms with Crippen LogP contribution in [-0.2, 0) is 26.7 Å². The lowest BCUT2D eigenvalue weighted by Crippen LogP contribution is -2.36. The lowest BCUT2D eigenvalue weighted by molar-refractivity contribution is 0.402. The Morgan fingerprint density at radius 2 is 1.68 bits per heavy atom. The third kappa shape index (κ3) is 5.32. The van der Waals surface area contributed by atoms with Crippen molar-refractivity contribution in [1.82, 2.24) is 25.3 Å². The standard InChI is InChI=1S/C19H30N6/c1-14-18(15(2)25(6)23-14)12-22-19(20-3)21-11-16-7-9-17(10-8-16)13-24(4)5/h7-10H,11-13H2,1-6H3,(H2,20,21,22). The molecular weight excluding hydrogens is 312 g/mol. The molecule has 0 bridgehead atoms. The Labute approximate surface area is 151 Å². The molecule has 25 heavy (non-hydrogen) atoms. The smallest absolute Gasteiger partial charge is 0.191 e. The average Bonchev–Trinajstić information content (AvgIpc) is 2.81. The number of aromatic nitrogens is 2. The van der Waals surface area contributed by atoms with Crippen LogP contribution >= 0.6 is 0 Å². The summed E-state index contributed by atoms with van der Waals surface area (Å²) in [6.45, 7) is 6.54. The number of aryl methyl sites for hydroxylation is 2. The molecule has 0 fully saturated rings. The maximum atomic E-state index is 4.45. The predicted molar refractivity (Wildman–Crippen MR) is 104 cm³/mol. The lowest BCUT2D eigenvalue weighted by atomic mass is 10.1. The Morgan fingerprint density at radius 1 is 1.08 bits per heavy atom. The largest absolute Gasteiger partial charge is 0.352 e. The highest BCUT2D eigenvalue weighted by atomic mass is 15.3. The fourth-order valence-electron chi connectivity index (χ4n) is 2.78. The summed E-state index contributed by atoms with van der Waals surface area (Å²) in [6, 6.07) is 8.67. The number of nitrogens with zero attached hydrogens (tertiary/aromatic N) is 4. The molecule has 0 radical (unpaired) electrons. The monoisotopic (exact) mass is 342 g/mol. The summed E-state index contributed by atoms with van der Waals surface area (Å²) in [4.78, 5) is 6.47. The molecular formula is C19H30N6. The average molecular weight is 342 g/mol. The van der Waals surface area contributed by atoms with E-state index in [1.54, 1.807) is 7.05 Å². The van der Waals surface area contributed by atoms with Gasteiger partial charge in [0.15, 0.2) is 5.96 Å². The zero-order valence-corrected chi connectivity index (χ0v) is 16.2. The summed E-state index contributed by atoms with van der Waals surface area (Å²) in [5.41, 5.74) is 6.01. The van der Waals surface area contributed by atoms with E-state index in [0.717, 1.165) is 24.7 Å². The van der Waals surface area contributed by atoms with Gasteiger partial charge in [-0.3, -0.25) is 9.67 Å². The number of guanidine groups is 1. The number of aliphatic imine (C=N–C) groups is 1. The predicted octanol–water partition coefficient (Wildman–Crippen LogP) is 1.96. The minimum Gasteiger partial charge on any atom is -0.352 e. The van der Waals surface area contributed by atoms with Crippen molar-refractivity contribution in [2.75, 3.05) is 21.1 Å². The lowest BCUT2D eigenvalue weighted by Gasteiger charge is -2.13. The Hall–Kier alpha value is -2.34. The van der Waals surface area contributed by atoms with Gasteiger partial charge >= 0.3 is 0 Å². The van der Waals surface area contributed by atoms with E-state index < -0.39 is 0 Å². The first-order chi connectivity index (χ1) is 11.9. The van der Waals surface area contributed by atoms with Gasteiger partial charge in [0.25, 0.3) is 0 Å². The van der Waals surface area contributed by atoms with Gasteiger partial charge in [-0.15, -0.1) is 0 Å². The fraction of sp³-hybridized carbons (Fsp3) is 0.474. The van der Waals surface area contributed by atoms with Crippen LogP contribution in [0.5, 0.6) is 0 Å². The molecule has 0 saturated carbocycles. The number of nitrogens with one attached hydrogen (secondary N) is 2. The summed E-state index contributed by atoms with van der Waals surface area (Å²) < 4.78 is 1.91.